The number of hydrogen-bond donors (Lipinski definition) is 1. The number of aromatic nitrogens is 3. The monoisotopic (exact) mass is 700 g/mol. The Bertz CT molecular complexity index is 1810. The van der Waals surface area contributed by atoms with Gasteiger partial charge >= 0.3 is 5.97 Å². The number of thioether (sulfide) groups is 1. The van der Waals surface area contributed by atoms with Crippen molar-refractivity contribution >= 4 is 35.3 Å². The molecule has 3 aromatic carbocycles. The second-order valence-electron chi connectivity index (χ2n) is 13.6. The quantitative estimate of drug-likeness (QED) is 0.122. The van der Waals surface area contributed by atoms with Gasteiger partial charge in [0.2, 0.25) is 11.1 Å². The number of anilines is 1. The van der Waals surface area contributed by atoms with Gasteiger partial charge in [-0.05, 0) is 85.4 Å². The van der Waals surface area contributed by atoms with Crippen LogP contribution in [0, 0.1) is 0 Å². The van der Waals surface area contributed by atoms with E-state index < -0.39 is 6.04 Å². The van der Waals surface area contributed by atoms with E-state index in [4.69, 9.17) is 35.9 Å². The van der Waals surface area contributed by atoms with Crippen LogP contribution in [0.4, 0.5) is 5.95 Å². The molecule has 258 valence electrons. The van der Waals surface area contributed by atoms with E-state index in [1.54, 1.807) is 4.68 Å². The molecule has 4 aromatic rings. The molecule has 0 amide bonds. The Hall–Kier alpha value is -3.95. The van der Waals surface area contributed by atoms with Crippen LogP contribution in [0.5, 0.6) is 11.5 Å². The van der Waals surface area contributed by atoms with Crippen LogP contribution in [0.25, 0.3) is 0 Å². The van der Waals surface area contributed by atoms with Crippen LogP contribution >= 0.6 is 23.4 Å². The van der Waals surface area contributed by atoms with Crippen LogP contribution in [0.15, 0.2) is 83.2 Å². The fraction of sp³-hybridized carbons (Fsp3) is 0.410. The maximum atomic E-state index is 14.0. The molecule has 49 heavy (non-hydrogen) atoms. The van der Waals surface area contributed by atoms with E-state index in [0.29, 0.717) is 57.9 Å². The minimum absolute atomic E-state index is 0.0828. The molecule has 2 heterocycles. The molecule has 1 aliphatic heterocycles. The van der Waals surface area contributed by atoms with E-state index in [1.807, 2.05) is 56.3 Å². The van der Waals surface area contributed by atoms with Gasteiger partial charge in [-0.1, -0.05) is 99.1 Å². The van der Waals surface area contributed by atoms with E-state index in [2.05, 4.69) is 50.4 Å². The highest BCUT2D eigenvalue weighted by molar-refractivity contribution is 7.98. The first-order valence-electron chi connectivity index (χ1n) is 17.1. The number of carbonyl (C=O) groups is 1. The van der Waals surface area contributed by atoms with Gasteiger partial charge in [0, 0.05) is 16.5 Å². The molecule has 6 rings (SSSR count). The predicted octanol–water partition coefficient (Wildman–Crippen LogP) is 9.66. The number of esters is 1. The number of fused-ring (bicyclic) bond motifs is 1. The Morgan fingerprint density at radius 1 is 1.00 bits per heavy atom. The Morgan fingerprint density at radius 2 is 1.76 bits per heavy atom. The summed E-state index contributed by atoms with van der Waals surface area (Å²) < 4.78 is 20.3. The number of carbonyl (C=O) groups excluding carboxylic acids is 1. The average Bonchev–Trinajstić information content (AvgIpc) is 3.49. The fourth-order valence-electron chi connectivity index (χ4n) is 6.27. The molecule has 1 saturated carbocycles. The second kappa shape index (κ2) is 15.3. The summed E-state index contributed by atoms with van der Waals surface area (Å²) in [6.07, 6.45) is 4.98. The molecule has 0 radical (unpaired) electrons. The average molecular weight is 701 g/mol. The highest BCUT2D eigenvalue weighted by atomic mass is 35.5. The van der Waals surface area contributed by atoms with Gasteiger partial charge in [-0.3, -0.25) is 0 Å². The summed E-state index contributed by atoms with van der Waals surface area (Å²) in [4.78, 5) is 18.8. The maximum absolute atomic E-state index is 14.0. The van der Waals surface area contributed by atoms with E-state index in [-0.39, 0.29) is 17.5 Å². The summed E-state index contributed by atoms with van der Waals surface area (Å²) in [6.45, 7) is 11.3. The van der Waals surface area contributed by atoms with Crippen molar-refractivity contribution in [1.82, 2.24) is 14.8 Å². The topological polar surface area (TPSA) is 87.5 Å². The summed E-state index contributed by atoms with van der Waals surface area (Å²) in [6, 6.07) is 21.5. The summed E-state index contributed by atoms with van der Waals surface area (Å²) in [5.74, 6) is 2.04. The van der Waals surface area contributed by atoms with Crippen molar-refractivity contribution in [2.75, 3.05) is 11.9 Å². The van der Waals surface area contributed by atoms with Gasteiger partial charge in [-0.15, -0.1) is 5.10 Å². The van der Waals surface area contributed by atoms with Gasteiger partial charge in [0.05, 0.1) is 12.2 Å². The zero-order valence-corrected chi connectivity index (χ0v) is 30.5. The van der Waals surface area contributed by atoms with Gasteiger partial charge in [0.25, 0.3) is 0 Å². The minimum atomic E-state index is -0.590. The van der Waals surface area contributed by atoms with Crippen LogP contribution in [0.3, 0.4) is 0 Å². The number of halogens is 1. The molecule has 1 aliphatic carbocycles. The molecule has 0 saturated heterocycles. The Kier molecular flexibility index (Phi) is 10.9. The SMILES string of the molecule is CCOc1cc(C2C(C(=O)OC3CCCCC3)=C(C)Nc3nc(SCc4ccccc4Cl)nn32)ccc1OCc1ccc(C(C)(C)C)cc1. The number of allylic oxidation sites excluding steroid dienone is 1. The third-order valence-corrected chi connectivity index (χ3v) is 10.2. The van der Waals surface area contributed by atoms with Crippen molar-refractivity contribution in [1.29, 1.82) is 0 Å². The number of hydrogen-bond acceptors (Lipinski definition) is 8. The Morgan fingerprint density at radius 3 is 2.47 bits per heavy atom. The minimum Gasteiger partial charge on any atom is -0.490 e. The van der Waals surface area contributed by atoms with Crippen LogP contribution < -0.4 is 14.8 Å². The molecule has 10 heteroatoms. The molecule has 0 spiro atoms. The number of ether oxygens (including phenoxy) is 3. The number of rotatable bonds is 11. The van der Waals surface area contributed by atoms with Crippen molar-refractivity contribution < 1.29 is 19.0 Å². The molecule has 1 N–H and O–H groups in total. The van der Waals surface area contributed by atoms with Crippen molar-refractivity contribution in [3.8, 4) is 11.5 Å². The first-order chi connectivity index (χ1) is 23.6. The predicted molar refractivity (Wildman–Crippen MR) is 196 cm³/mol. The number of nitrogens with one attached hydrogen (secondary N) is 1. The molecule has 1 fully saturated rings. The summed E-state index contributed by atoms with van der Waals surface area (Å²) in [5.41, 5.74) is 5.43. The molecule has 0 bridgehead atoms. The van der Waals surface area contributed by atoms with E-state index in [9.17, 15) is 4.79 Å². The molecular formula is C39H45ClN4O4S. The first-order valence-corrected chi connectivity index (χ1v) is 18.5. The molecule has 2 aliphatic rings. The lowest BCUT2D eigenvalue weighted by molar-refractivity contribution is -0.146. The highest BCUT2D eigenvalue weighted by Gasteiger charge is 2.37. The molecule has 1 atom stereocenters. The third kappa shape index (κ3) is 8.27. The summed E-state index contributed by atoms with van der Waals surface area (Å²) in [7, 11) is 0. The summed E-state index contributed by atoms with van der Waals surface area (Å²) >= 11 is 7.92. The van der Waals surface area contributed by atoms with Crippen molar-refractivity contribution in [3.63, 3.8) is 0 Å². The maximum Gasteiger partial charge on any atom is 0.338 e. The van der Waals surface area contributed by atoms with E-state index >= 15 is 0 Å². The van der Waals surface area contributed by atoms with Crippen molar-refractivity contribution in [2.45, 2.75) is 102 Å². The van der Waals surface area contributed by atoms with Crippen LogP contribution in [-0.4, -0.2) is 33.4 Å². The molecule has 1 aromatic heterocycles. The first kappa shape index (κ1) is 34.9. The van der Waals surface area contributed by atoms with Gasteiger partial charge in [0.1, 0.15) is 18.8 Å². The normalized spacial score (nSPS) is 16.6. The standard InChI is InChI=1S/C39H45ClN4O4S/c1-6-46-33-22-27(18-21-32(33)47-23-26-16-19-29(20-17-26)39(3,4)5)35-34(36(45)48-30-13-8-7-9-14-30)25(2)41-37-42-38(43-44(35)37)49-24-28-12-10-11-15-31(28)40/h10-12,15-22,30,35H,6-9,13-14,23-24H2,1-5H3,(H,41,42,43). The van der Waals surface area contributed by atoms with Crippen molar-refractivity contribution in [2.24, 2.45) is 0 Å². The lowest BCUT2D eigenvalue weighted by atomic mass is 9.87. The van der Waals surface area contributed by atoms with Gasteiger partial charge in [-0.2, -0.15) is 4.98 Å². The van der Waals surface area contributed by atoms with Crippen LogP contribution in [0.1, 0.15) is 95.0 Å². The smallest absolute Gasteiger partial charge is 0.338 e. The van der Waals surface area contributed by atoms with Crippen molar-refractivity contribution in [3.05, 3.63) is 105 Å². The lowest BCUT2D eigenvalue weighted by Crippen LogP contribution is -2.32. The van der Waals surface area contributed by atoms with E-state index in [0.717, 1.165) is 42.4 Å². The number of benzene rings is 3. The Labute approximate surface area is 298 Å². The van der Waals surface area contributed by atoms with Gasteiger partial charge in [0.15, 0.2) is 11.5 Å². The molecular weight excluding hydrogens is 656 g/mol. The fourth-order valence-corrected chi connectivity index (χ4v) is 7.38. The van der Waals surface area contributed by atoms with Gasteiger partial charge in [-0.25, -0.2) is 9.48 Å². The zero-order valence-electron chi connectivity index (χ0n) is 28.9. The van der Waals surface area contributed by atoms with Crippen LogP contribution in [-0.2, 0) is 27.3 Å². The molecule has 1 unspecified atom stereocenters. The number of nitrogens with zero attached hydrogens (tertiary/aromatic N) is 3. The van der Waals surface area contributed by atoms with Crippen LogP contribution in [0.2, 0.25) is 5.02 Å². The van der Waals surface area contributed by atoms with E-state index in [1.165, 1.54) is 23.7 Å². The zero-order chi connectivity index (χ0) is 34.5. The second-order valence-corrected chi connectivity index (χ2v) is 15.0. The van der Waals surface area contributed by atoms with Gasteiger partial charge < -0.3 is 19.5 Å². The third-order valence-electron chi connectivity index (χ3n) is 8.99. The summed E-state index contributed by atoms with van der Waals surface area (Å²) in [5, 5.41) is 9.52. The lowest BCUT2D eigenvalue weighted by Gasteiger charge is -2.30. The highest BCUT2D eigenvalue weighted by Crippen LogP contribution is 2.41. The Balaban J connectivity index is 1.31. The largest absolute Gasteiger partial charge is 0.490 e. The molecule has 8 nitrogen and oxygen atoms in total.